The predicted molar refractivity (Wildman–Crippen MR) is 81.1 cm³/mol. The minimum absolute atomic E-state index is 0.0971. The van der Waals surface area contributed by atoms with Crippen molar-refractivity contribution in [3.8, 4) is 0 Å². The van der Waals surface area contributed by atoms with E-state index in [9.17, 15) is 4.79 Å². The van der Waals surface area contributed by atoms with E-state index in [1.807, 2.05) is 13.1 Å². The van der Waals surface area contributed by atoms with E-state index >= 15 is 0 Å². The van der Waals surface area contributed by atoms with E-state index < -0.39 is 0 Å². The van der Waals surface area contributed by atoms with Crippen LogP contribution in [-0.4, -0.2) is 37.2 Å². The van der Waals surface area contributed by atoms with Gasteiger partial charge in [-0.15, -0.1) is 0 Å². The number of pyridine rings is 1. The van der Waals surface area contributed by atoms with E-state index in [2.05, 4.69) is 27.3 Å². The van der Waals surface area contributed by atoms with E-state index in [-0.39, 0.29) is 11.3 Å². The first-order chi connectivity index (χ1) is 10.2. The van der Waals surface area contributed by atoms with Gasteiger partial charge in [0, 0.05) is 25.8 Å². The molecule has 1 N–H and O–H groups in total. The fraction of sp³-hybridized carbons (Fsp3) is 0.625. The number of hydrogen-bond acceptors (Lipinski definition) is 4. The molecule has 1 aromatic rings. The van der Waals surface area contributed by atoms with Crippen molar-refractivity contribution in [2.24, 2.45) is 5.41 Å². The maximum absolute atomic E-state index is 12.2. The quantitative estimate of drug-likeness (QED) is 0.897. The Bertz CT molecular complexity index is 485. The molecule has 114 valence electrons. The minimum Gasteiger partial charge on any atom is -0.379 e. The zero-order valence-corrected chi connectivity index (χ0v) is 12.6. The van der Waals surface area contributed by atoms with Crippen LogP contribution >= 0.6 is 0 Å². The van der Waals surface area contributed by atoms with Gasteiger partial charge in [0.2, 0.25) is 5.91 Å². The van der Waals surface area contributed by atoms with Crippen LogP contribution in [0.3, 0.4) is 0 Å². The van der Waals surface area contributed by atoms with Gasteiger partial charge in [-0.3, -0.25) is 4.79 Å². The molecule has 2 fully saturated rings. The molecule has 5 heteroatoms. The largest absolute Gasteiger partial charge is 0.379 e. The van der Waals surface area contributed by atoms with E-state index in [4.69, 9.17) is 4.74 Å². The van der Waals surface area contributed by atoms with Gasteiger partial charge in [-0.05, 0) is 30.9 Å². The number of carbonyl (C=O) groups is 1. The molecule has 0 unspecified atom stereocenters. The van der Waals surface area contributed by atoms with Gasteiger partial charge >= 0.3 is 0 Å². The van der Waals surface area contributed by atoms with Crippen LogP contribution < -0.4 is 10.2 Å². The molecular formula is C16H23N3O2. The molecule has 2 aliphatic rings. The first-order valence-corrected chi connectivity index (χ1v) is 7.79. The van der Waals surface area contributed by atoms with Crippen molar-refractivity contribution in [1.29, 1.82) is 0 Å². The molecular weight excluding hydrogens is 266 g/mol. The zero-order valence-electron chi connectivity index (χ0n) is 12.6. The number of carbonyl (C=O) groups excluding carboxylic acids is 1. The summed E-state index contributed by atoms with van der Waals surface area (Å²) in [5.74, 6) is 1.14. The smallest absolute Gasteiger partial charge is 0.231 e. The highest BCUT2D eigenvalue weighted by Crippen LogP contribution is 2.31. The number of aromatic nitrogens is 1. The second kappa shape index (κ2) is 6.02. The lowest BCUT2D eigenvalue weighted by Gasteiger charge is -2.39. The monoisotopic (exact) mass is 289 g/mol. The van der Waals surface area contributed by atoms with Crippen LogP contribution in [0.2, 0.25) is 0 Å². The van der Waals surface area contributed by atoms with Crippen molar-refractivity contribution >= 4 is 11.7 Å². The number of rotatable bonds is 5. The molecule has 5 nitrogen and oxygen atoms in total. The number of anilines is 1. The summed E-state index contributed by atoms with van der Waals surface area (Å²) in [6.07, 6.45) is 5.19. The lowest BCUT2D eigenvalue weighted by atomic mass is 9.82. The Balaban J connectivity index is 1.54. The topological polar surface area (TPSA) is 54.5 Å². The normalized spacial score (nSPS) is 20.1. The van der Waals surface area contributed by atoms with Crippen molar-refractivity contribution < 1.29 is 9.53 Å². The fourth-order valence-electron chi connectivity index (χ4n) is 2.87. The Labute approximate surface area is 125 Å². The number of hydrogen-bond donors (Lipinski definition) is 1. The predicted octanol–water partition coefficient (Wildman–Crippen LogP) is 1.72. The van der Waals surface area contributed by atoms with Gasteiger partial charge in [-0.25, -0.2) is 4.98 Å². The third-order valence-electron chi connectivity index (χ3n) is 4.61. The van der Waals surface area contributed by atoms with Crippen molar-refractivity contribution in [1.82, 2.24) is 10.3 Å². The maximum Gasteiger partial charge on any atom is 0.231 e. The number of nitrogens with one attached hydrogen (secondary N) is 1. The van der Waals surface area contributed by atoms with Crippen LogP contribution in [0, 0.1) is 5.41 Å². The average molecular weight is 289 g/mol. The third-order valence-corrected chi connectivity index (χ3v) is 4.61. The van der Waals surface area contributed by atoms with Gasteiger partial charge in [-0.2, -0.15) is 0 Å². The van der Waals surface area contributed by atoms with Gasteiger partial charge in [0.05, 0.1) is 18.6 Å². The van der Waals surface area contributed by atoms with Crippen LogP contribution in [0.25, 0.3) is 0 Å². The molecule has 3 rings (SSSR count). The molecule has 0 aromatic carbocycles. The van der Waals surface area contributed by atoms with E-state index in [1.54, 1.807) is 0 Å². The van der Waals surface area contributed by atoms with Crippen LogP contribution in [0.4, 0.5) is 5.82 Å². The molecule has 0 radical (unpaired) electrons. The molecule has 3 heterocycles. The van der Waals surface area contributed by atoms with E-state index in [1.165, 1.54) is 12.8 Å². The molecule has 21 heavy (non-hydrogen) atoms. The van der Waals surface area contributed by atoms with Gasteiger partial charge in [0.1, 0.15) is 5.82 Å². The van der Waals surface area contributed by atoms with Crippen molar-refractivity contribution in [3.63, 3.8) is 0 Å². The highest BCUT2D eigenvalue weighted by molar-refractivity contribution is 5.83. The van der Waals surface area contributed by atoms with Gasteiger partial charge in [0.15, 0.2) is 0 Å². The number of nitrogens with zero attached hydrogens (tertiary/aromatic N) is 2. The lowest BCUT2D eigenvalue weighted by Crippen LogP contribution is -2.53. The number of amides is 1. The highest BCUT2D eigenvalue weighted by Gasteiger charge is 2.43. The summed E-state index contributed by atoms with van der Waals surface area (Å²) in [5.41, 5.74) is 0.737. The maximum atomic E-state index is 12.2. The minimum atomic E-state index is -0.303. The molecule has 0 saturated carbocycles. The van der Waals surface area contributed by atoms with Crippen LogP contribution in [0.1, 0.15) is 31.7 Å². The molecule has 2 saturated heterocycles. The van der Waals surface area contributed by atoms with Crippen LogP contribution in [0.15, 0.2) is 18.3 Å². The molecule has 0 bridgehead atoms. The Kier molecular flexibility index (Phi) is 4.10. The summed E-state index contributed by atoms with van der Waals surface area (Å²) in [4.78, 5) is 19.0. The second-order valence-corrected chi connectivity index (χ2v) is 6.03. The molecule has 0 spiro atoms. The molecule has 0 atom stereocenters. The van der Waals surface area contributed by atoms with Gasteiger partial charge in [0.25, 0.3) is 0 Å². The molecule has 0 aliphatic carbocycles. The van der Waals surface area contributed by atoms with Crippen molar-refractivity contribution in [2.45, 2.75) is 32.7 Å². The zero-order chi connectivity index (χ0) is 14.7. The van der Waals surface area contributed by atoms with E-state index in [0.29, 0.717) is 19.8 Å². The van der Waals surface area contributed by atoms with E-state index in [0.717, 1.165) is 30.9 Å². The van der Waals surface area contributed by atoms with Gasteiger partial charge < -0.3 is 15.0 Å². The summed E-state index contributed by atoms with van der Waals surface area (Å²) >= 11 is 0. The Morgan fingerprint density at radius 2 is 2.14 bits per heavy atom. The fourth-order valence-corrected chi connectivity index (χ4v) is 2.87. The summed E-state index contributed by atoms with van der Waals surface area (Å²) in [7, 11) is 0. The first-order valence-electron chi connectivity index (χ1n) is 7.79. The highest BCUT2D eigenvalue weighted by atomic mass is 16.5. The SMILES string of the molecule is CCC1(C(=O)NCc2ccc(N3CCCC3)nc2)COC1. The number of ether oxygens (including phenoxy) is 1. The lowest BCUT2D eigenvalue weighted by molar-refractivity contribution is -0.162. The van der Waals surface area contributed by atoms with Crippen LogP contribution in [0.5, 0.6) is 0 Å². The summed E-state index contributed by atoms with van der Waals surface area (Å²) in [5, 5.41) is 3.01. The third kappa shape index (κ3) is 2.88. The second-order valence-electron chi connectivity index (χ2n) is 6.03. The Hall–Kier alpha value is -1.62. The Morgan fingerprint density at radius 1 is 1.38 bits per heavy atom. The first kappa shape index (κ1) is 14.3. The van der Waals surface area contributed by atoms with Crippen LogP contribution in [-0.2, 0) is 16.1 Å². The standard InChI is InChI=1S/C16H23N3O2/c1-2-16(11-21-12-16)15(20)18-10-13-5-6-14(17-9-13)19-7-3-4-8-19/h5-6,9H,2-4,7-8,10-12H2,1H3,(H,18,20). The Morgan fingerprint density at radius 3 is 2.67 bits per heavy atom. The molecule has 1 aromatic heterocycles. The molecule has 1 amide bonds. The van der Waals surface area contributed by atoms with Crippen molar-refractivity contribution in [2.75, 3.05) is 31.2 Å². The summed E-state index contributed by atoms with van der Waals surface area (Å²) in [6, 6.07) is 4.10. The summed E-state index contributed by atoms with van der Waals surface area (Å²) < 4.78 is 5.20. The van der Waals surface area contributed by atoms with Crippen molar-refractivity contribution in [3.05, 3.63) is 23.9 Å². The summed E-state index contributed by atoms with van der Waals surface area (Å²) in [6.45, 7) is 5.86. The molecule has 2 aliphatic heterocycles. The van der Waals surface area contributed by atoms with Gasteiger partial charge in [-0.1, -0.05) is 13.0 Å². The average Bonchev–Trinajstić information content (AvgIpc) is 2.99.